The van der Waals surface area contributed by atoms with Crippen LogP contribution in [-0.2, 0) is 0 Å². The van der Waals surface area contributed by atoms with Gasteiger partial charge in [0.25, 0.3) is 5.91 Å². The van der Waals surface area contributed by atoms with E-state index in [1.807, 2.05) is 17.0 Å². The molecule has 1 N–H and O–H groups in total. The molecule has 1 aliphatic rings. The summed E-state index contributed by atoms with van der Waals surface area (Å²) in [5.74, 6) is 0.130. The van der Waals surface area contributed by atoms with Gasteiger partial charge < -0.3 is 10.2 Å². The molecule has 1 aromatic rings. The molecule has 0 saturated carbocycles. The number of nitrogens with one attached hydrogen (secondary N) is 1. The second-order valence-electron chi connectivity index (χ2n) is 4.99. The van der Waals surface area contributed by atoms with Crippen LogP contribution in [0.3, 0.4) is 0 Å². The Bertz CT molecular complexity index is 416. The van der Waals surface area contributed by atoms with Crippen molar-refractivity contribution >= 4 is 29.9 Å². The largest absolute Gasteiger partial charge is 0.336 e. The average Bonchev–Trinajstić information content (AvgIpc) is 2.46. The van der Waals surface area contributed by atoms with Gasteiger partial charge in [0, 0.05) is 23.2 Å². The fourth-order valence-electron chi connectivity index (χ4n) is 2.57. The van der Waals surface area contributed by atoms with Crippen molar-refractivity contribution < 1.29 is 4.79 Å². The van der Waals surface area contributed by atoms with E-state index in [2.05, 4.69) is 12.2 Å². The third kappa shape index (κ3) is 4.37. The molecule has 0 bridgehead atoms. The Balaban J connectivity index is 0.00000200. The molecule has 1 heterocycles. The van der Waals surface area contributed by atoms with Crippen molar-refractivity contribution in [1.82, 2.24) is 10.2 Å². The van der Waals surface area contributed by atoms with Crippen molar-refractivity contribution in [1.29, 1.82) is 0 Å². The zero-order valence-corrected chi connectivity index (χ0v) is 13.3. The summed E-state index contributed by atoms with van der Waals surface area (Å²) in [7, 11) is 0. The number of carbonyl (C=O) groups is 1. The Morgan fingerprint density at radius 1 is 1.30 bits per heavy atom. The van der Waals surface area contributed by atoms with E-state index in [-0.39, 0.29) is 18.3 Å². The predicted octanol–water partition coefficient (Wildman–Crippen LogP) is 3.37. The first kappa shape index (κ1) is 17.3. The normalized spacial score (nSPS) is 15.5. The van der Waals surface area contributed by atoms with Gasteiger partial charge >= 0.3 is 0 Å². The molecule has 1 aliphatic heterocycles. The van der Waals surface area contributed by atoms with E-state index in [1.165, 1.54) is 0 Å². The van der Waals surface area contributed by atoms with E-state index < -0.39 is 0 Å². The molecule has 0 aliphatic carbocycles. The smallest absolute Gasteiger partial charge is 0.254 e. The highest BCUT2D eigenvalue weighted by molar-refractivity contribution is 6.30. The van der Waals surface area contributed by atoms with Gasteiger partial charge in [-0.05, 0) is 56.6 Å². The summed E-state index contributed by atoms with van der Waals surface area (Å²) in [4.78, 5) is 14.6. The van der Waals surface area contributed by atoms with E-state index in [9.17, 15) is 4.79 Å². The second-order valence-corrected chi connectivity index (χ2v) is 5.42. The summed E-state index contributed by atoms with van der Waals surface area (Å²) < 4.78 is 0. The van der Waals surface area contributed by atoms with Gasteiger partial charge in [-0.2, -0.15) is 0 Å². The lowest BCUT2D eigenvalue weighted by molar-refractivity contribution is 0.0642. The molecule has 1 saturated heterocycles. The first-order chi connectivity index (χ1) is 9.22. The quantitative estimate of drug-likeness (QED) is 0.923. The van der Waals surface area contributed by atoms with Gasteiger partial charge in [-0.15, -0.1) is 12.4 Å². The Hall–Kier alpha value is -0.770. The zero-order valence-electron chi connectivity index (χ0n) is 11.8. The third-order valence-electron chi connectivity index (χ3n) is 3.57. The predicted molar refractivity (Wildman–Crippen MR) is 85.9 cm³/mol. The highest BCUT2D eigenvalue weighted by atomic mass is 35.5. The number of hydrogen-bond donors (Lipinski definition) is 1. The Morgan fingerprint density at radius 2 is 1.90 bits per heavy atom. The van der Waals surface area contributed by atoms with E-state index in [1.54, 1.807) is 12.1 Å². The number of nitrogens with zero attached hydrogens (tertiary/aromatic N) is 1. The van der Waals surface area contributed by atoms with Crippen molar-refractivity contribution in [3.05, 3.63) is 34.9 Å². The fraction of sp³-hybridized carbons (Fsp3) is 0.533. The van der Waals surface area contributed by atoms with Gasteiger partial charge in [0.1, 0.15) is 0 Å². The molecular weight excluding hydrogens is 295 g/mol. The maximum atomic E-state index is 12.6. The summed E-state index contributed by atoms with van der Waals surface area (Å²) in [6, 6.07) is 7.55. The van der Waals surface area contributed by atoms with Gasteiger partial charge in [-0.3, -0.25) is 4.79 Å². The molecule has 20 heavy (non-hydrogen) atoms. The number of rotatable bonds is 4. The summed E-state index contributed by atoms with van der Waals surface area (Å²) in [5.41, 5.74) is 0.733. The lowest BCUT2D eigenvalue weighted by Gasteiger charge is -2.34. The molecule has 5 heteroatoms. The van der Waals surface area contributed by atoms with Gasteiger partial charge in [-0.1, -0.05) is 18.5 Å². The van der Waals surface area contributed by atoms with Crippen LogP contribution in [0.2, 0.25) is 5.02 Å². The van der Waals surface area contributed by atoms with Crippen molar-refractivity contribution in [3.63, 3.8) is 0 Å². The van der Waals surface area contributed by atoms with Crippen LogP contribution in [0.4, 0.5) is 0 Å². The van der Waals surface area contributed by atoms with Crippen LogP contribution in [0, 0.1) is 0 Å². The van der Waals surface area contributed by atoms with Crippen molar-refractivity contribution in [3.8, 4) is 0 Å². The van der Waals surface area contributed by atoms with Crippen LogP contribution in [0.25, 0.3) is 0 Å². The first-order valence-corrected chi connectivity index (χ1v) is 7.37. The lowest BCUT2D eigenvalue weighted by Crippen LogP contribution is -2.46. The molecule has 0 atom stereocenters. The Kier molecular flexibility index (Phi) is 7.35. The molecular formula is C15H22Cl2N2O. The Labute approximate surface area is 132 Å². The molecule has 0 unspecified atom stereocenters. The number of benzene rings is 1. The monoisotopic (exact) mass is 316 g/mol. The summed E-state index contributed by atoms with van der Waals surface area (Å²) in [6.07, 6.45) is 3.07. The van der Waals surface area contributed by atoms with Crippen LogP contribution >= 0.6 is 24.0 Å². The SMILES string of the molecule is CCCN(C(=O)c1ccc(Cl)cc1)C1CCNCC1.Cl. The molecule has 0 aromatic heterocycles. The minimum absolute atomic E-state index is 0. The fourth-order valence-corrected chi connectivity index (χ4v) is 2.69. The van der Waals surface area contributed by atoms with Crippen molar-refractivity contribution in [2.24, 2.45) is 0 Å². The molecule has 1 amide bonds. The summed E-state index contributed by atoms with van der Waals surface area (Å²) in [5, 5.41) is 4.01. The van der Waals surface area contributed by atoms with Crippen molar-refractivity contribution in [2.75, 3.05) is 19.6 Å². The van der Waals surface area contributed by atoms with Crippen molar-refractivity contribution in [2.45, 2.75) is 32.2 Å². The van der Waals surface area contributed by atoms with E-state index >= 15 is 0 Å². The lowest BCUT2D eigenvalue weighted by atomic mass is 10.0. The molecule has 3 nitrogen and oxygen atoms in total. The maximum absolute atomic E-state index is 12.6. The van der Waals surface area contributed by atoms with E-state index in [0.717, 1.165) is 44.5 Å². The van der Waals surface area contributed by atoms with Gasteiger partial charge in [-0.25, -0.2) is 0 Å². The molecule has 1 aromatic carbocycles. The van der Waals surface area contributed by atoms with Crippen LogP contribution in [-0.4, -0.2) is 36.5 Å². The summed E-state index contributed by atoms with van der Waals surface area (Å²) >= 11 is 5.87. The molecule has 0 spiro atoms. The standard InChI is InChI=1S/C15H21ClN2O.ClH/c1-2-11-18(14-7-9-17-10-8-14)15(19)12-3-5-13(16)6-4-12;/h3-6,14,17H,2,7-11H2,1H3;1H. The number of hydrogen-bond acceptors (Lipinski definition) is 2. The van der Waals surface area contributed by atoms with Gasteiger partial charge in [0.05, 0.1) is 0 Å². The Morgan fingerprint density at radius 3 is 2.45 bits per heavy atom. The van der Waals surface area contributed by atoms with Crippen LogP contribution in [0.1, 0.15) is 36.5 Å². The highest BCUT2D eigenvalue weighted by Gasteiger charge is 2.25. The van der Waals surface area contributed by atoms with E-state index in [0.29, 0.717) is 11.1 Å². The molecule has 112 valence electrons. The number of carbonyl (C=O) groups excluding carboxylic acids is 1. The molecule has 2 rings (SSSR count). The molecule has 0 radical (unpaired) electrons. The summed E-state index contributed by atoms with van der Waals surface area (Å²) in [6.45, 7) is 4.94. The van der Waals surface area contributed by atoms with Gasteiger partial charge in [0.2, 0.25) is 0 Å². The van der Waals surface area contributed by atoms with Crippen LogP contribution < -0.4 is 5.32 Å². The zero-order chi connectivity index (χ0) is 13.7. The number of piperidine rings is 1. The molecule has 1 fully saturated rings. The number of halogens is 2. The van der Waals surface area contributed by atoms with Crippen LogP contribution in [0.5, 0.6) is 0 Å². The average molecular weight is 317 g/mol. The maximum Gasteiger partial charge on any atom is 0.254 e. The minimum atomic E-state index is 0. The first-order valence-electron chi connectivity index (χ1n) is 6.99. The number of amides is 1. The minimum Gasteiger partial charge on any atom is -0.336 e. The van der Waals surface area contributed by atoms with Crippen LogP contribution in [0.15, 0.2) is 24.3 Å². The van der Waals surface area contributed by atoms with Gasteiger partial charge in [0.15, 0.2) is 0 Å². The second kappa shape index (κ2) is 8.50. The topological polar surface area (TPSA) is 32.3 Å². The third-order valence-corrected chi connectivity index (χ3v) is 3.82. The van der Waals surface area contributed by atoms with E-state index in [4.69, 9.17) is 11.6 Å². The highest BCUT2D eigenvalue weighted by Crippen LogP contribution is 2.17.